The average molecular weight is 661 g/mol. The summed E-state index contributed by atoms with van der Waals surface area (Å²) < 4.78 is 63.1. The first kappa shape index (κ1) is 34.3. The van der Waals surface area contributed by atoms with Gasteiger partial charge in [-0.05, 0) is 81.5 Å². The Labute approximate surface area is 259 Å². The lowest BCUT2D eigenvalue weighted by molar-refractivity contribution is 0.374. The predicted molar refractivity (Wildman–Crippen MR) is 185 cm³/mol. The fraction of sp³-hybridized carbons (Fsp3) is 1.00. The van der Waals surface area contributed by atoms with Gasteiger partial charge in [-0.3, -0.25) is 0 Å². The van der Waals surface area contributed by atoms with Crippen LogP contribution in [0.2, 0.25) is 0 Å². The highest BCUT2D eigenvalue weighted by Crippen LogP contribution is 2.81. The van der Waals surface area contributed by atoms with Crippen molar-refractivity contribution in [1.82, 2.24) is 0 Å². The minimum atomic E-state index is -3.05. The lowest BCUT2D eigenvalue weighted by atomic mass is 9.90. The third-order valence-electron chi connectivity index (χ3n) is 13.2. The zero-order valence-corrected chi connectivity index (χ0v) is 31.2. The summed E-state index contributed by atoms with van der Waals surface area (Å²) >= 11 is 0. The van der Waals surface area contributed by atoms with Crippen LogP contribution in [-0.2, 0) is 18.3 Å². The van der Waals surface area contributed by atoms with Crippen LogP contribution in [0.5, 0.6) is 0 Å². The van der Waals surface area contributed by atoms with Gasteiger partial charge in [0.05, 0.1) is 32.0 Å². The Hall–Kier alpha value is 0.920. The highest BCUT2D eigenvalue weighted by atomic mass is 31.3. The van der Waals surface area contributed by atoms with Crippen LogP contribution >= 0.6 is 28.6 Å². The molecule has 0 radical (unpaired) electrons. The van der Waals surface area contributed by atoms with Gasteiger partial charge in [0.15, 0.2) is 0 Å². The van der Waals surface area contributed by atoms with Crippen molar-refractivity contribution in [2.45, 2.75) is 159 Å². The van der Waals surface area contributed by atoms with Crippen LogP contribution in [0, 0.1) is 23.7 Å². The molecule has 8 heteroatoms. The van der Waals surface area contributed by atoms with Crippen molar-refractivity contribution in [3.63, 3.8) is 0 Å². The van der Waals surface area contributed by atoms with Crippen molar-refractivity contribution >= 4 is 28.6 Å². The van der Waals surface area contributed by atoms with Gasteiger partial charge >= 0.3 is 0 Å². The molecule has 12 unspecified atom stereocenters. The third-order valence-corrected chi connectivity index (χ3v) is 34.7. The molecular weight excluding hydrogens is 596 g/mol. The van der Waals surface area contributed by atoms with E-state index in [1.54, 1.807) is 0 Å². The van der Waals surface area contributed by atoms with E-state index in [1.807, 2.05) is 0 Å². The molecule has 5 rings (SSSR count). The molecular formula is C34H64O4P4. The average Bonchev–Trinajstić information content (AvgIpc) is 2.93. The van der Waals surface area contributed by atoms with E-state index in [1.165, 1.54) is 25.7 Å². The lowest BCUT2D eigenvalue weighted by Crippen LogP contribution is -2.33. The molecule has 0 aromatic rings. The van der Waals surface area contributed by atoms with E-state index in [4.69, 9.17) is 0 Å². The molecule has 5 fully saturated rings. The first-order chi connectivity index (χ1) is 19.9. The molecule has 1 saturated heterocycles. The number of rotatable bonds is 4. The molecule has 4 saturated carbocycles. The van der Waals surface area contributed by atoms with Crippen LogP contribution in [-0.4, -0.2) is 52.7 Å². The first-order valence-corrected chi connectivity index (χ1v) is 26.8. The van der Waals surface area contributed by atoms with Gasteiger partial charge in [0, 0.05) is 35.0 Å². The molecule has 0 aromatic heterocycles. The van der Waals surface area contributed by atoms with E-state index in [-0.39, 0.29) is 22.6 Å². The summed E-state index contributed by atoms with van der Waals surface area (Å²) in [5, 5.41) is 0. The Morgan fingerprint density at radius 1 is 0.333 bits per heavy atom. The van der Waals surface area contributed by atoms with Gasteiger partial charge < -0.3 is 18.3 Å². The van der Waals surface area contributed by atoms with Gasteiger partial charge in [0.1, 0.15) is 14.3 Å². The van der Waals surface area contributed by atoms with Crippen LogP contribution in [0.25, 0.3) is 0 Å². The van der Waals surface area contributed by atoms with Crippen LogP contribution in [0.1, 0.15) is 137 Å². The number of hydrogen-bond acceptors (Lipinski definition) is 4. The molecule has 42 heavy (non-hydrogen) atoms. The summed E-state index contributed by atoms with van der Waals surface area (Å²) in [5.74, 6) is 2.53. The first-order valence-electron chi connectivity index (χ1n) is 18.2. The summed E-state index contributed by atoms with van der Waals surface area (Å²) in [5.41, 5.74) is 0.411. The predicted octanol–water partition coefficient (Wildman–Crippen LogP) is 12.0. The van der Waals surface area contributed by atoms with Crippen LogP contribution in [0.15, 0.2) is 0 Å². The van der Waals surface area contributed by atoms with E-state index in [0.717, 1.165) is 83.5 Å². The van der Waals surface area contributed by atoms with Crippen LogP contribution < -0.4 is 0 Å². The smallest absolute Gasteiger partial charge is 0.105 e. The second-order valence-corrected chi connectivity index (χ2v) is 30.9. The monoisotopic (exact) mass is 660 g/mol. The maximum absolute atomic E-state index is 16.0. The molecule has 5 aliphatic rings. The zero-order chi connectivity index (χ0) is 30.2. The summed E-state index contributed by atoms with van der Waals surface area (Å²) in [7, 11) is -11.7. The van der Waals surface area contributed by atoms with Crippen molar-refractivity contribution in [2.24, 2.45) is 23.7 Å². The van der Waals surface area contributed by atoms with Gasteiger partial charge in [-0.25, -0.2) is 0 Å². The fourth-order valence-corrected chi connectivity index (χ4v) is 38.4. The van der Waals surface area contributed by atoms with E-state index in [0.29, 0.717) is 53.7 Å². The quantitative estimate of drug-likeness (QED) is 0.281. The maximum Gasteiger partial charge on any atom is 0.105 e. The molecule has 12 atom stereocenters. The lowest BCUT2D eigenvalue weighted by Gasteiger charge is -2.46. The fourth-order valence-electron chi connectivity index (χ4n) is 11.0. The standard InChI is InChI=1S/C34H64O4P4/c1-27-14-5-9-18-31(27)39(35)22-13-23-40(36,32-19-10-6-15-28(32)2)25-42(38,34-21-12-8-17-30(34)4)26-41(37,24-39)33-20-11-7-16-29(33)3/h27-34H,5-26H2,1-4H3. The minimum Gasteiger partial charge on any atom is -0.323 e. The molecule has 1 aliphatic heterocycles. The molecule has 4 nitrogen and oxygen atoms in total. The third kappa shape index (κ3) is 7.24. The minimum absolute atomic E-state index is 0.0538. The Morgan fingerprint density at radius 3 is 0.857 bits per heavy atom. The molecule has 0 bridgehead atoms. The second kappa shape index (κ2) is 14.0. The molecule has 4 aliphatic carbocycles. The van der Waals surface area contributed by atoms with Crippen LogP contribution in [0.3, 0.4) is 0 Å². The summed E-state index contributed by atoms with van der Waals surface area (Å²) in [6.07, 6.45) is 19.5. The molecule has 1 heterocycles. The molecule has 0 aromatic carbocycles. The van der Waals surface area contributed by atoms with Gasteiger partial charge in [-0.2, -0.15) is 0 Å². The van der Waals surface area contributed by atoms with E-state index >= 15 is 18.3 Å². The van der Waals surface area contributed by atoms with Gasteiger partial charge in [-0.15, -0.1) is 0 Å². The Morgan fingerprint density at radius 2 is 0.571 bits per heavy atom. The topological polar surface area (TPSA) is 68.3 Å². The van der Waals surface area contributed by atoms with E-state index in [9.17, 15) is 0 Å². The SMILES string of the molecule is CC1CCCCC1P1(=O)CCCP(=O)(C2CCCCC2C)CP(=O)(C2CCCCC2C)CP(=O)(C2CCCCC2C)C1. The Balaban J connectivity index is 1.63. The largest absolute Gasteiger partial charge is 0.323 e. The van der Waals surface area contributed by atoms with Crippen molar-refractivity contribution in [3.05, 3.63) is 0 Å². The Kier molecular flexibility index (Phi) is 11.4. The molecule has 0 amide bonds. The van der Waals surface area contributed by atoms with Gasteiger partial charge in [0.25, 0.3) is 0 Å². The van der Waals surface area contributed by atoms with Crippen molar-refractivity contribution in [1.29, 1.82) is 0 Å². The van der Waals surface area contributed by atoms with Crippen molar-refractivity contribution < 1.29 is 18.3 Å². The highest BCUT2D eigenvalue weighted by molar-refractivity contribution is 7.91. The number of hydrogen-bond donors (Lipinski definition) is 0. The molecule has 0 N–H and O–H groups in total. The normalized spacial score (nSPS) is 51.9. The van der Waals surface area contributed by atoms with Crippen LogP contribution in [0.4, 0.5) is 0 Å². The maximum atomic E-state index is 16.0. The van der Waals surface area contributed by atoms with Gasteiger partial charge in [-0.1, -0.05) is 79.1 Å². The Bertz CT molecular complexity index is 1030. The second-order valence-electron chi connectivity index (χ2n) is 16.4. The van der Waals surface area contributed by atoms with Crippen molar-refractivity contribution in [3.8, 4) is 0 Å². The van der Waals surface area contributed by atoms with Crippen molar-refractivity contribution in [2.75, 3.05) is 30.0 Å². The summed E-state index contributed by atoms with van der Waals surface area (Å²) in [6.45, 7) is 9.14. The zero-order valence-electron chi connectivity index (χ0n) is 27.6. The highest BCUT2D eigenvalue weighted by Gasteiger charge is 2.55. The summed E-state index contributed by atoms with van der Waals surface area (Å²) in [4.78, 5) is 0. The summed E-state index contributed by atoms with van der Waals surface area (Å²) in [6, 6.07) is 0. The van der Waals surface area contributed by atoms with E-state index in [2.05, 4.69) is 27.7 Å². The molecule has 244 valence electrons. The van der Waals surface area contributed by atoms with Gasteiger partial charge in [0.2, 0.25) is 0 Å². The molecule has 0 spiro atoms. The van der Waals surface area contributed by atoms with E-state index < -0.39 is 28.6 Å².